The van der Waals surface area contributed by atoms with E-state index in [0.29, 0.717) is 5.16 Å². The Labute approximate surface area is 122 Å². The minimum Gasteiger partial charge on any atom is -0.481 e. The van der Waals surface area contributed by atoms with E-state index in [0.717, 1.165) is 12.2 Å². The van der Waals surface area contributed by atoms with E-state index in [-0.39, 0.29) is 11.7 Å². The highest BCUT2D eigenvalue weighted by Crippen LogP contribution is 2.27. The minimum absolute atomic E-state index is 0.00585. The van der Waals surface area contributed by atoms with Crippen LogP contribution in [0.25, 0.3) is 0 Å². The van der Waals surface area contributed by atoms with Crippen LogP contribution in [0, 0.1) is 0 Å². The van der Waals surface area contributed by atoms with Crippen molar-refractivity contribution in [3.05, 3.63) is 41.7 Å². The normalized spacial score (nSPS) is 12.3. The lowest BCUT2D eigenvalue weighted by Gasteiger charge is -2.10. The predicted octanol–water partition coefficient (Wildman–Crippen LogP) is 2.53. The standard InChI is InChI=1S/C14H17N3O2S/c1-3-11(10-7-5-4-6-8-10)13-15-14(17(2)16-13)20-9-12(18)19/h4-8,11H,3,9H2,1-2H3,(H,18,19). The Bertz CT molecular complexity index is 583. The lowest BCUT2D eigenvalue weighted by molar-refractivity contribution is -0.133. The maximum atomic E-state index is 10.6. The van der Waals surface area contributed by atoms with E-state index in [1.54, 1.807) is 11.7 Å². The van der Waals surface area contributed by atoms with Gasteiger partial charge >= 0.3 is 5.97 Å². The number of carboxylic acid groups (broad SMARTS) is 1. The molecule has 1 atom stereocenters. The third-order valence-corrected chi connectivity index (χ3v) is 3.99. The largest absolute Gasteiger partial charge is 0.481 e. The summed E-state index contributed by atoms with van der Waals surface area (Å²) in [4.78, 5) is 15.1. The molecule has 1 heterocycles. The average Bonchev–Trinajstić information content (AvgIpc) is 2.79. The topological polar surface area (TPSA) is 68.0 Å². The zero-order chi connectivity index (χ0) is 14.5. The molecule has 6 heteroatoms. The lowest BCUT2D eigenvalue weighted by Crippen LogP contribution is -2.02. The van der Waals surface area contributed by atoms with Crippen LogP contribution in [0.3, 0.4) is 0 Å². The highest BCUT2D eigenvalue weighted by atomic mass is 32.2. The van der Waals surface area contributed by atoms with Crippen LogP contribution in [0.5, 0.6) is 0 Å². The third kappa shape index (κ3) is 3.39. The Morgan fingerprint density at radius 2 is 2.10 bits per heavy atom. The van der Waals surface area contributed by atoms with Gasteiger partial charge in [0.15, 0.2) is 11.0 Å². The maximum Gasteiger partial charge on any atom is 0.313 e. The number of rotatable bonds is 6. The average molecular weight is 291 g/mol. The molecule has 2 rings (SSSR count). The van der Waals surface area contributed by atoms with Crippen molar-refractivity contribution in [2.45, 2.75) is 24.4 Å². The van der Waals surface area contributed by atoms with Crippen LogP contribution in [0.1, 0.15) is 30.7 Å². The van der Waals surface area contributed by atoms with Crippen LogP contribution in [0.15, 0.2) is 35.5 Å². The maximum absolute atomic E-state index is 10.6. The first-order valence-electron chi connectivity index (χ1n) is 6.42. The van der Waals surface area contributed by atoms with Gasteiger partial charge in [-0.1, -0.05) is 49.0 Å². The van der Waals surface area contributed by atoms with Crippen LogP contribution in [0.2, 0.25) is 0 Å². The highest BCUT2D eigenvalue weighted by Gasteiger charge is 2.19. The summed E-state index contributed by atoms with van der Waals surface area (Å²) in [5.74, 6) is 0.0269. The summed E-state index contributed by atoms with van der Waals surface area (Å²) in [6.07, 6.45) is 0.900. The molecule has 20 heavy (non-hydrogen) atoms. The molecule has 0 radical (unpaired) electrons. The van der Waals surface area contributed by atoms with Gasteiger partial charge in [0, 0.05) is 13.0 Å². The van der Waals surface area contributed by atoms with Gasteiger partial charge in [-0.3, -0.25) is 4.79 Å². The van der Waals surface area contributed by atoms with Crippen LogP contribution >= 0.6 is 11.8 Å². The van der Waals surface area contributed by atoms with E-state index < -0.39 is 5.97 Å². The number of benzene rings is 1. The molecule has 0 spiro atoms. The Morgan fingerprint density at radius 1 is 1.40 bits per heavy atom. The monoisotopic (exact) mass is 291 g/mol. The van der Waals surface area contributed by atoms with Crippen molar-refractivity contribution in [3.8, 4) is 0 Å². The minimum atomic E-state index is -0.852. The van der Waals surface area contributed by atoms with E-state index in [1.165, 1.54) is 17.3 Å². The highest BCUT2D eigenvalue weighted by molar-refractivity contribution is 7.99. The van der Waals surface area contributed by atoms with Crippen LogP contribution in [-0.4, -0.2) is 31.6 Å². The summed E-state index contributed by atoms with van der Waals surface area (Å²) < 4.78 is 1.65. The van der Waals surface area contributed by atoms with Crippen LogP contribution < -0.4 is 0 Å². The summed E-state index contributed by atoms with van der Waals surface area (Å²) in [6.45, 7) is 2.10. The van der Waals surface area contributed by atoms with E-state index >= 15 is 0 Å². The van der Waals surface area contributed by atoms with Gasteiger partial charge < -0.3 is 5.11 Å². The zero-order valence-electron chi connectivity index (χ0n) is 11.5. The number of carboxylic acids is 1. The summed E-state index contributed by atoms with van der Waals surface area (Å²) >= 11 is 1.19. The zero-order valence-corrected chi connectivity index (χ0v) is 12.3. The molecule has 0 saturated carbocycles. The summed E-state index contributed by atoms with van der Waals surface area (Å²) in [5.41, 5.74) is 1.18. The lowest BCUT2D eigenvalue weighted by atomic mass is 9.96. The van der Waals surface area contributed by atoms with Gasteiger partial charge in [0.25, 0.3) is 0 Å². The summed E-state index contributed by atoms with van der Waals surface area (Å²) in [5, 5.41) is 13.8. The molecule has 106 valence electrons. The van der Waals surface area contributed by atoms with Crippen LogP contribution in [0.4, 0.5) is 0 Å². The van der Waals surface area contributed by atoms with Gasteiger partial charge in [0.1, 0.15) is 0 Å². The van der Waals surface area contributed by atoms with E-state index in [1.807, 2.05) is 18.2 Å². The smallest absolute Gasteiger partial charge is 0.313 e. The Morgan fingerprint density at radius 3 is 2.70 bits per heavy atom. The van der Waals surface area contributed by atoms with Gasteiger partial charge in [0.2, 0.25) is 0 Å². The number of hydrogen-bond acceptors (Lipinski definition) is 4. The molecular weight excluding hydrogens is 274 g/mol. The summed E-state index contributed by atoms with van der Waals surface area (Å²) in [6, 6.07) is 10.1. The fourth-order valence-corrected chi connectivity index (χ4v) is 2.68. The Kier molecular flexibility index (Phi) is 4.79. The molecule has 2 aromatic rings. The van der Waals surface area contributed by atoms with Crippen molar-refractivity contribution in [1.29, 1.82) is 0 Å². The molecule has 5 nitrogen and oxygen atoms in total. The Balaban J connectivity index is 2.23. The van der Waals surface area contributed by atoms with E-state index in [9.17, 15) is 4.79 Å². The molecule has 0 aliphatic heterocycles. The number of nitrogens with zero attached hydrogens (tertiary/aromatic N) is 3. The predicted molar refractivity (Wildman–Crippen MR) is 77.9 cm³/mol. The fourth-order valence-electron chi connectivity index (χ4n) is 2.04. The molecular formula is C14H17N3O2S. The number of thioether (sulfide) groups is 1. The molecule has 0 aliphatic carbocycles. The van der Waals surface area contributed by atoms with Gasteiger partial charge in [-0.25, -0.2) is 9.67 Å². The number of aromatic nitrogens is 3. The molecule has 0 aliphatic rings. The molecule has 1 aromatic heterocycles. The number of hydrogen-bond donors (Lipinski definition) is 1. The quantitative estimate of drug-likeness (QED) is 0.828. The third-order valence-electron chi connectivity index (χ3n) is 2.99. The number of carbonyl (C=O) groups is 1. The summed E-state index contributed by atoms with van der Waals surface area (Å²) in [7, 11) is 1.79. The van der Waals surface area contributed by atoms with Gasteiger partial charge in [-0.15, -0.1) is 0 Å². The first-order valence-corrected chi connectivity index (χ1v) is 7.40. The fraction of sp³-hybridized carbons (Fsp3) is 0.357. The Hall–Kier alpha value is -1.82. The number of aliphatic carboxylic acids is 1. The van der Waals surface area contributed by atoms with E-state index in [4.69, 9.17) is 5.11 Å². The molecule has 0 saturated heterocycles. The second-order valence-electron chi connectivity index (χ2n) is 4.43. The van der Waals surface area contributed by atoms with Crippen molar-refractivity contribution in [1.82, 2.24) is 14.8 Å². The van der Waals surface area contributed by atoms with Crippen molar-refractivity contribution in [3.63, 3.8) is 0 Å². The van der Waals surface area contributed by atoms with Gasteiger partial charge in [-0.2, -0.15) is 5.10 Å². The second kappa shape index (κ2) is 6.56. The molecule has 1 N–H and O–H groups in total. The molecule has 1 aromatic carbocycles. The van der Waals surface area contributed by atoms with E-state index in [2.05, 4.69) is 29.1 Å². The van der Waals surface area contributed by atoms with Gasteiger partial charge in [-0.05, 0) is 12.0 Å². The second-order valence-corrected chi connectivity index (χ2v) is 5.37. The molecule has 0 bridgehead atoms. The molecule has 1 unspecified atom stereocenters. The first-order chi connectivity index (χ1) is 9.61. The van der Waals surface area contributed by atoms with Crippen molar-refractivity contribution in [2.75, 3.05) is 5.75 Å². The molecule has 0 amide bonds. The van der Waals surface area contributed by atoms with Crippen molar-refractivity contribution < 1.29 is 9.90 Å². The molecule has 0 fully saturated rings. The van der Waals surface area contributed by atoms with Gasteiger partial charge in [0.05, 0.1) is 5.75 Å². The first kappa shape index (κ1) is 14.6. The van der Waals surface area contributed by atoms with Crippen LogP contribution in [-0.2, 0) is 11.8 Å². The van der Waals surface area contributed by atoms with Crippen molar-refractivity contribution >= 4 is 17.7 Å². The van der Waals surface area contributed by atoms with Crippen molar-refractivity contribution in [2.24, 2.45) is 7.05 Å². The SMILES string of the molecule is CCC(c1ccccc1)c1nc(SCC(=O)O)n(C)n1. The number of aryl methyl sites for hydroxylation is 1.